The molecule has 7 nitrogen and oxygen atoms in total. The van der Waals surface area contributed by atoms with E-state index >= 15 is 0 Å². The second-order valence-electron chi connectivity index (χ2n) is 1.19. The molecule has 3 radical (unpaired) electrons. The van der Waals surface area contributed by atoms with Crippen LogP contribution < -0.4 is 0 Å². The van der Waals surface area contributed by atoms with E-state index in [1.807, 2.05) is 0 Å². The topological polar surface area (TPSA) is 136 Å². The van der Waals surface area contributed by atoms with Gasteiger partial charge in [-0.3, -0.25) is 4.79 Å². The minimum Gasteiger partial charge on any atom is -0.669 e. The average Bonchev–Trinajstić information content (AvgIpc) is 1.86. The molecular weight excluding hydrogens is 481 g/mol. The molecule has 0 spiro atoms. The largest absolute Gasteiger partial charge is 0.669 e. The van der Waals surface area contributed by atoms with E-state index in [2.05, 4.69) is 18.5 Å². The summed E-state index contributed by atoms with van der Waals surface area (Å²) in [4.78, 5) is 17.8. The summed E-state index contributed by atoms with van der Waals surface area (Å²) in [6.07, 6.45) is 0.0417. The molecule has 0 aromatic rings. The molecule has 2 amide bonds. The fraction of sp³-hybridized carbons (Fsp3) is 0. The summed E-state index contributed by atoms with van der Waals surface area (Å²) in [7, 11) is 0. The van der Waals surface area contributed by atoms with Crippen molar-refractivity contribution in [2.24, 2.45) is 0 Å². The molecule has 0 heterocycles. The summed E-state index contributed by atoms with van der Waals surface area (Å²) in [5.74, 6) is -0.583. The molecular formula is C9H19N3O4Y3-6. The van der Waals surface area contributed by atoms with Crippen molar-refractivity contribution < 1.29 is 118 Å². The Morgan fingerprint density at radius 3 is 1.21 bits per heavy atom. The molecule has 0 saturated heterocycles. The molecule has 0 aliphatic carbocycles. The summed E-state index contributed by atoms with van der Waals surface area (Å²) in [5.41, 5.74) is 11.4. The van der Waals surface area contributed by atoms with E-state index in [9.17, 15) is 0 Å². The van der Waals surface area contributed by atoms with Crippen LogP contribution in [0.4, 0.5) is 4.79 Å². The average molecular weight is 500 g/mol. The van der Waals surface area contributed by atoms with E-state index in [0.717, 1.165) is 0 Å². The van der Waals surface area contributed by atoms with Crippen molar-refractivity contribution in [1.29, 1.82) is 0 Å². The van der Waals surface area contributed by atoms with E-state index in [1.165, 1.54) is 6.20 Å². The minimum atomic E-state index is -1.58. The number of hydrogen-bond acceptors (Lipinski definition) is 3. The monoisotopic (exact) mass is 500 g/mol. The predicted molar refractivity (Wildman–Crippen MR) is 67.3 cm³/mol. The van der Waals surface area contributed by atoms with Crippen LogP contribution in [0.3, 0.4) is 0 Å². The summed E-state index contributed by atoms with van der Waals surface area (Å²) >= 11 is 0. The minimum absolute atomic E-state index is 0. The van der Waals surface area contributed by atoms with Gasteiger partial charge in [-0.1, -0.05) is 6.58 Å². The Morgan fingerprint density at radius 1 is 1.05 bits per heavy atom. The summed E-state index contributed by atoms with van der Waals surface area (Å²) < 4.78 is 0. The Kier molecular flexibility index (Phi) is 192. The van der Waals surface area contributed by atoms with Gasteiger partial charge in [0.1, 0.15) is 0 Å². The van der Waals surface area contributed by atoms with Gasteiger partial charge in [0.2, 0.25) is 6.09 Å². The molecule has 0 aliphatic heterocycles. The molecule has 0 aromatic carbocycles. The first-order valence-electron chi connectivity index (χ1n) is 2.67. The first-order valence-corrected chi connectivity index (χ1v) is 2.67. The number of amides is 2. The normalized spacial score (nSPS) is 4.00. The molecule has 0 atom stereocenters. The molecule has 109 valence electrons. The summed E-state index contributed by atoms with van der Waals surface area (Å²) in [6, 6.07) is 0. The van der Waals surface area contributed by atoms with E-state index in [-0.39, 0.29) is 120 Å². The summed E-state index contributed by atoms with van der Waals surface area (Å²) in [5, 5.41) is 17.7. The number of nitrogens with one attached hydrogen (secondary N) is 2. The molecule has 0 bridgehead atoms. The van der Waals surface area contributed by atoms with Crippen LogP contribution in [0.2, 0.25) is 0 Å². The smallest absolute Gasteiger partial charge is 0.224 e. The number of rotatable bonds is 2. The number of nitrogens with zero attached hydrogens (tertiary/aromatic N) is 1. The Labute approximate surface area is 192 Å². The number of carbonyl (C=O) groups is 2. The van der Waals surface area contributed by atoms with E-state index in [4.69, 9.17) is 31.3 Å². The van der Waals surface area contributed by atoms with Crippen LogP contribution in [0.1, 0.15) is 0 Å². The van der Waals surface area contributed by atoms with Crippen molar-refractivity contribution in [3.8, 4) is 0 Å². The molecule has 0 unspecified atom stereocenters. The third-order valence-corrected chi connectivity index (χ3v) is 0.166. The number of carboxylic acid groups (broad SMARTS) is 1. The van der Waals surface area contributed by atoms with Crippen LogP contribution in [-0.4, -0.2) is 22.7 Å². The van der Waals surface area contributed by atoms with Gasteiger partial charge in [0.15, 0.2) is 0 Å². The molecule has 19 heavy (non-hydrogen) atoms. The second kappa shape index (κ2) is 61.3. The molecule has 0 saturated carbocycles. The van der Waals surface area contributed by atoms with Crippen LogP contribution >= 0.6 is 0 Å². The second-order valence-corrected chi connectivity index (χ2v) is 1.19. The third-order valence-electron chi connectivity index (χ3n) is 0.166. The molecule has 0 fully saturated rings. The van der Waals surface area contributed by atoms with Crippen LogP contribution in [0.5, 0.6) is 0 Å². The zero-order valence-electron chi connectivity index (χ0n) is 11.5. The van der Waals surface area contributed by atoms with Crippen molar-refractivity contribution in [1.82, 2.24) is 0 Å². The molecule has 10 heteroatoms. The zero-order chi connectivity index (χ0) is 11.3. The van der Waals surface area contributed by atoms with E-state index in [0.29, 0.717) is 6.41 Å². The standard InChI is InChI=1S/C3H5NO.C2H4NO.CH2NO2.3CH3.3Y/c1-2-4-3-5;1-2(3)4;2-1(3)4;;;;;;/h2-3H,1H2,(H,4,5);3-4H,1H2;2H,(H,3,4);3*1H3;;;/q;5*-1;;;/p-1. The van der Waals surface area contributed by atoms with Gasteiger partial charge in [-0.25, -0.2) is 0 Å². The Hall–Kier alpha value is 1.13. The van der Waals surface area contributed by atoms with Crippen LogP contribution in [0.25, 0.3) is 16.8 Å². The Morgan fingerprint density at radius 2 is 1.21 bits per heavy atom. The van der Waals surface area contributed by atoms with Gasteiger partial charge in [0, 0.05) is 110 Å². The van der Waals surface area contributed by atoms with Gasteiger partial charge in [-0.05, 0) is 0 Å². The number of aliphatic hydroxyl groups excluding tert-OH is 1. The van der Waals surface area contributed by atoms with Gasteiger partial charge in [-0.2, -0.15) is 6.20 Å². The first-order chi connectivity index (χ1) is 5.88. The molecule has 0 aromatic heterocycles. The third kappa shape index (κ3) is 573. The number of hydrogen-bond donors (Lipinski definition) is 2. The maximum absolute atomic E-state index is 9.17. The fourth-order valence-electron chi connectivity index (χ4n) is 0.0430. The SMILES string of the molecule is C=C([NH-])O.C=C[N-]C=O.[CH3-].[CH3-].[CH3-].[NH-]C(=O)O.[Y].[Y].[Y]. The Bertz CT molecular complexity index is 158. The van der Waals surface area contributed by atoms with Gasteiger partial charge >= 0.3 is 0 Å². The van der Waals surface area contributed by atoms with Crippen molar-refractivity contribution in [2.75, 3.05) is 0 Å². The quantitative estimate of drug-likeness (QED) is 0.339. The van der Waals surface area contributed by atoms with Gasteiger partial charge in [0.25, 0.3) is 0 Å². The van der Waals surface area contributed by atoms with Crippen molar-refractivity contribution in [3.05, 3.63) is 64.3 Å². The van der Waals surface area contributed by atoms with Crippen LogP contribution in [0, 0.1) is 22.3 Å². The number of aliphatic hydroxyl groups is 1. The maximum atomic E-state index is 9.17. The zero-order valence-corrected chi connectivity index (χ0v) is 20.0. The molecule has 4 N–H and O–H groups in total. The molecule has 0 rings (SSSR count). The Balaban J connectivity index is -0.00000000980. The van der Waals surface area contributed by atoms with Gasteiger partial charge in [0.05, 0.1) is 0 Å². The number of carbonyl (C=O) groups excluding carboxylic acids is 1. The van der Waals surface area contributed by atoms with Gasteiger partial charge < -0.3 is 54.1 Å². The van der Waals surface area contributed by atoms with Crippen LogP contribution in [0.15, 0.2) is 25.2 Å². The molecule has 0 aliphatic rings. The van der Waals surface area contributed by atoms with Crippen molar-refractivity contribution in [2.45, 2.75) is 0 Å². The van der Waals surface area contributed by atoms with Crippen molar-refractivity contribution >= 4 is 12.5 Å². The fourth-order valence-corrected chi connectivity index (χ4v) is 0.0430. The summed E-state index contributed by atoms with van der Waals surface area (Å²) in [6.45, 7) is 5.93. The maximum Gasteiger partial charge on any atom is 0.224 e. The van der Waals surface area contributed by atoms with E-state index in [1.54, 1.807) is 0 Å². The van der Waals surface area contributed by atoms with Crippen LogP contribution in [-0.2, 0) is 103 Å². The predicted octanol–water partition coefficient (Wildman–Crippen LogP) is 3.79. The van der Waals surface area contributed by atoms with Gasteiger partial charge in [-0.15, -0.1) is 6.58 Å². The van der Waals surface area contributed by atoms with E-state index < -0.39 is 12.0 Å². The first kappa shape index (κ1) is 59.5. The van der Waals surface area contributed by atoms with Crippen molar-refractivity contribution in [3.63, 3.8) is 0 Å².